The van der Waals surface area contributed by atoms with E-state index in [9.17, 15) is 0 Å². The van der Waals surface area contributed by atoms with E-state index in [1.807, 2.05) is 45.9 Å². The monoisotopic (exact) mass is 382 g/mol. The molecule has 0 spiro atoms. The summed E-state index contributed by atoms with van der Waals surface area (Å²) in [4.78, 5) is 17.3. The lowest BCUT2D eigenvalue weighted by Gasteiger charge is -2.08. The summed E-state index contributed by atoms with van der Waals surface area (Å²) in [5.41, 5.74) is 4.79. The number of halogens is 1. The van der Waals surface area contributed by atoms with E-state index in [2.05, 4.69) is 32.1 Å². The van der Waals surface area contributed by atoms with Crippen molar-refractivity contribution in [2.45, 2.75) is 47.0 Å². The molecule has 140 valence electrons. The quantitative estimate of drug-likeness (QED) is 0.592. The molecule has 3 aromatic rings. The number of rotatable bonds is 6. The van der Waals surface area contributed by atoms with Gasteiger partial charge in [0.2, 0.25) is 0 Å². The molecule has 6 heteroatoms. The summed E-state index contributed by atoms with van der Waals surface area (Å²) in [6.07, 6.45) is 2.74. The van der Waals surface area contributed by atoms with Crippen molar-refractivity contribution < 1.29 is 4.74 Å². The molecule has 0 N–H and O–H groups in total. The fraction of sp³-hybridized carbons (Fsp3) is 0.333. The van der Waals surface area contributed by atoms with E-state index in [1.54, 1.807) is 0 Å². The minimum atomic E-state index is 0.379. The maximum Gasteiger partial charge on any atom is 0.322 e. The van der Waals surface area contributed by atoms with E-state index < -0.39 is 0 Å². The molecule has 0 fully saturated rings. The van der Waals surface area contributed by atoms with Gasteiger partial charge in [0, 0.05) is 11.4 Å². The first-order chi connectivity index (χ1) is 12.9. The topological polar surface area (TPSA) is 60.8 Å². The van der Waals surface area contributed by atoms with E-state index in [0.29, 0.717) is 11.0 Å². The second kappa shape index (κ2) is 8.44. The molecule has 27 heavy (non-hydrogen) atoms. The molecule has 0 bridgehead atoms. The van der Waals surface area contributed by atoms with Crippen molar-refractivity contribution in [3.8, 4) is 11.8 Å². The Morgan fingerprint density at radius 1 is 0.852 bits per heavy atom. The van der Waals surface area contributed by atoms with Gasteiger partial charge in [-0.3, -0.25) is 0 Å². The van der Waals surface area contributed by atoms with Gasteiger partial charge < -0.3 is 4.74 Å². The van der Waals surface area contributed by atoms with Gasteiger partial charge in [-0.25, -0.2) is 19.9 Å². The Morgan fingerprint density at radius 3 is 2.19 bits per heavy atom. The predicted octanol–water partition coefficient (Wildman–Crippen LogP) is 5.12. The first-order valence-corrected chi connectivity index (χ1v) is 9.37. The Bertz CT molecular complexity index is 921. The summed E-state index contributed by atoms with van der Waals surface area (Å²) < 4.78 is 5.75. The third kappa shape index (κ3) is 5.23. The van der Waals surface area contributed by atoms with Crippen molar-refractivity contribution in [3.05, 3.63) is 69.5 Å². The summed E-state index contributed by atoms with van der Waals surface area (Å²) in [5, 5.41) is 0.679. The smallest absolute Gasteiger partial charge is 0.322 e. The van der Waals surface area contributed by atoms with Gasteiger partial charge in [0.15, 0.2) is 0 Å². The maximum absolute atomic E-state index is 6.31. The van der Waals surface area contributed by atoms with Crippen LogP contribution in [0.25, 0.3) is 0 Å². The van der Waals surface area contributed by atoms with Crippen LogP contribution in [0.3, 0.4) is 0 Å². The lowest BCUT2D eigenvalue weighted by Crippen LogP contribution is -2.01. The van der Waals surface area contributed by atoms with E-state index in [1.165, 1.54) is 5.56 Å². The van der Waals surface area contributed by atoms with Crippen molar-refractivity contribution in [1.82, 2.24) is 19.9 Å². The van der Waals surface area contributed by atoms with E-state index >= 15 is 0 Å². The third-order valence-electron chi connectivity index (χ3n) is 4.17. The zero-order chi connectivity index (χ0) is 19.4. The minimum Gasteiger partial charge on any atom is -0.424 e. The van der Waals surface area contributed by atoms with Crippen LogP contribution in [0.5, 0.6) is 11.8 Å². The van der Waals surface area contributed by atoms with E-state index in [-0.39, 0.29) is 0 Å². The standard InChI is InChI=1S/C21H23ClN4O/c1-13-12-14(2)24-21(23-13)27-18-10-8-17(9-11-18)6-5-7-19-20(22)15(3)25-16(4)26-19/h8-12H,5-7H2,1-4H3. The van der Waals surface area contributed by atoms with Gasteiger partial charge in [-0.2, -0.15) is 0 Å². The van der Waals surface area contributed by atoms with Gasteiger partial charge in [0.1, 0.15) is 11.6 Å². The summed E-state index contributed by atoms with van der Waals surface area (Å²) in [6, 6.07) is 10.3. The summed E-state index contributed by atoms with van der Waals surface area (Å²) in [6.45, 7) is 7.67. The van der Waals surface area contributed by atoms with Gasteiger partial charge in [0.05, 0.1) is 16.4 Å². The largest absolute Gasteiger partial charge is 0.424 e. The Hall–Kier alpha value is -2.53. The highest BCUT2D eigenvalue weighted by Crippen LogP contribution is 2.22. The molecule has 3 rings (SSSR count). The molecule has 5 nitrogen and oxygen atoms in total. The summed E-state index contributed by atoms with van der Waals surface area (Å²) >= 11 is 6.31. The van der Waals surface area contributed by atoms with Crippen molar-refractivity contribution in [2.24, 2.45) is 0 Å². The normalized spacial score (nSPS) is 10.9. The van der Waals surface area contributed by atoms with E-state index in [0.717, 1.165) is 53.6 Å². The molecule has 0 unspecified atom stereocenters. The Morgan fingerprint density at radius 2 is 1.52 bits per heavy atom. The zero-order valence-electron chi connectivity index (χ0n) is 16.1. The summed E-state index contributed by atoms with van der Waals surface area (Å²) in [5.74, 6) is 1.50. The second-order valence-electron chi connectivity index (χ2n) is 6.65. The minimum absolute atomic E-state index is 0.379. The van der Waals surface area contributed by atoms with Crippen molar-refractivity contribution in [3.63, 3.8) is 0 Å². The number of hydrogen-bond donors (Lipinski definition) is 0. The molecule has 0 aliphatic rings. The average molecular weight is 383 g/mol. The lowest BCUT2D eigenvalue weighted by molar-refractivity contribution is 0.438. The van der Waals surface area contributed by atoms with Crippen LogP contribution in [-0.4, -0.2) is 19.9 Å². The average Bonchev–Trinajstić information content (AvgIpc) is 2.59. The number of aromatic nitrogens is 4. The van der Waals surface area contributed by atoms with Crippen LogP contribution in [-0.2, 0) is 12.8 Å². The highest BCUT2D eigenvalue weighted by molar-refractivity contribution is 6.31. The fourth-order valence-corrected chi connectivity index (χ4v) is 3.14. The Balaban J connectivity index is 1.58. The highest BCUT2D eigenvalue weighted by atomic mass is 35.5. The van der Waals surface area contributed by atoms with Gasteiger partial charge in [0.25, 0.3) is 0 Å². The maximum atomic E-state index is 6.31. The molecule has 2 aromatic heterocycles. The van der Waals surface area contributed by atoms with E-state index in [4.69, 9.17) is 16.3 Å². The number of hydrogen-bond acceptors (Lipinski definition) is 5. The molecule has 0 amide bonds. The van der Waals surface area contributed by atoms with Crippen LogP contribution in [0.1, 0.15) is 40.6 Å². The molecule has 0 atom stereocenters. The first-order valence-electron chi connectivity index (χ1n) is 8.99. The van der Waals surface area contributed by atoms with Crippen molar-refractivity contribution >= 4 is 11.6 Å². The highest BCUT2D eigenvalue weighted by Gasteiger charge is 2.08. The second-order valence-corrected chi connectivity index (χ2v) is 7.03. The molecular formula is C21H23ClN4O. The van der Waals surface area contributed by atoms with Crippen LogP contribution >= 0.6 is 11.6 Å². The molecule has 2 heterocycles. The Kier molecular flexibility index (Phi) is 6.01. The van der Waals surface area contributed by atoms with Gasteiger partial charge in [-0.15, -0.1) is 0 Å². The predicted molar refractivity (Wildman–Crippen MR) is 107 cm³/mol. The van der Waals surface area contributed by atoms with Crippen LogP contribution in [0.15, 0.2) is 30.3 Å². The van der Waals surface area contributed by atoms with Crippen LogP contribution < -0.4 is 4.74 Å². The van der Waals surface area contributed by atoms with Crippen molar-refractivity contribution in [2.75, 3.05) is 0 Å². The molecule has 0 aliphatic heterocycles. The fourth-order valence-electron chi connectivity index (χ4n) is 2.96. The molecule has 0 saturated heterocycles. The van der Waals surface area contributed by atoms with Crippen LogP contribution in [0.2, 0.25) is 5.02 Å². The van der Waals surface area contributed by atoms with Crippen LogP contribution in [0, 0.1) is 27.7 Å². The zero-order valence-corrected chi connectivity index (χ0v) is 16.8. The first kappa shape index (κ1) is 19.2. The lowest BCUT2D eigenvalue weighted by atomic mass is 10.1. The molecule has 0 saturated carbocycles. The van der Waals surface area contributed by atoms with Gasteiger partial charge >= 0.3 is 6.01 Å². The summed E-state index contributed by atoms with van der Waals surface area (Å²) in [7, 11) is 0. The number of aryl methyl sites for hydroxylation is 6. The number of ether oxygens (including phenoxy) is 1. The van der Waals surface area contributed by atoms with Crippen molar-refractivity contribution in [1.29, 1.82) is 0 Å². The van der Waals surface area contributed by atoms with Crippen LogP contribution in [0.4, 0.5) is 0 Å². The number of benzene rings is 1. The Labute approximate surface area is 164 Å². The molecule has 0 radical (unpaired) electrons. The number of nitrogens with zero attached hydrogens (tertiary/aromatic N) is 4. The van der Waals surface area contributed by atoms with Gasteiger partial charge in [-0.05, 0) is 70.7 Å². The molecule has 0 aliphatic carbocycles. The van der Waals surface area contributed by atoms with Gasteiger partial charge in [-0.1, -0.05) is 23.7 Å². The molecule has 1 aromatic carbocycles. The molecular weight excluding hydrogens is 360 g/mol. The SMILES string of the molecule is Cc1cc(C)nc(Oc2ccc(CCCc3nc(C)nc(C)c3Cl)cc2)n1. The third-order valence-corrected chi connectivity index (χ3v) is 4.66.